The molecule has 0 heterocycles. The van der Waals surface area contributed by atoms with Gasteiger partial charge in [-0.15, -0.1) is 0 Å². The number of benzene rings is 1. The second-order valence-corrected chi connectivity index (χ2v) is 4.81. The first kappa shape index (κ1) is 17.8. The average molecular weight is 301 g/mol. The van der Waals surface area contributed by atoms with Gasteiger partial charge >= 0.3 is 35.7 Å². The Morgan fingerprint density at radius 1 is 1.24 bits per heavy atom. The number of anilines is 1. The van der Waals surface area contributed by atoms with E-state index in [1.807, 2.05) is 0 Å². The number of carboxylic acids is 1. The summed E-state index contributed by atoms with van der Waals surface area (Å²) in [4.78, 5) is 22.4. The zero-order chi connectivity index (χ0) is 14.5. The van der Waals surface area contributed by atoms with Crippen molar-refractivity contribution in [3.63, 3.8) is 0 Å². The van der Waals surface area contributed by atoms with Crippen LogP contribution in [0.4, 0.5) is 10.5 Å². The van der Waals surface area contributed by atoms with Gasteiger partial charge in [-0.25, -0.2) is 4.79 Å². The molecule has 2 N–H and O–H groups in total. The number of carbonyl (C=O) groups is 2. The zero-order valence-electron chi connectivity index (χ0n) is 11.9. The minimum atomic E-state index is -1.51. The van der Waals surface area contributed by atoms with Crippen LogP contribution >= 0.6 is 0 Å². The first-order valence-corrected chi connectivity index (χ1v) is 6.58. The van der Waals surface area contributed by atoms with Gasteiger partial charge in [0.1, 0.15) is 11.9 Å². The van der Waals surface area contributed by atoms with Gasteiger partial charge in [0.2, 0.25) is 0 Å². The predicted molar refractivity (Wildman–Crippen MR) is 69.4 cm³/mol. The predicted octanol–water partition coefficient (Wildman–Crippen LogP) is -1.36. The molecule has 0 aliphatic heterocycles. The van der Waals surface area contributed by atoms with Crippen LogP contribution < -0.4 is 40.0 Å². The average Bonchev–Trinajstić information content (AvgIpc) is 2.41. The molecule has 1 amide bonds. The number of ether oxygens (including phenoxy) is 1. The van der Waals surface area contributed by atoms with Crippen molar-refractivity contribution < 1.29 is 54.1 Å². The molecule has 0 aromatic heterocycles. The third-order valence-corrected chi connectivity index (χ3v) is 3.29. The summed E-state index contributed by atoms with van der Waals surface area (Å²) in [5.41, 5.74) is -0.136. The Morgan fingerprint density at radius 2 is 1.90 bits per heavy atom. The van der Waals surface area contributed by atoms with Crippen LogP contribution in [0.2, 0.25) is 0 Å². The fraction of sp³-hybridized carbons (Fsp3) is 0.429. The molecule has 1 aromatic rings. The van der Waals surface area contributed by atoms with Crippen LogP contribution in [-0.2, 0) is 4.74 Å². The molecule has 108 valence electrons. The molecule has 21 heavy (non-hydrogen) atoms. The Balaban J connectivity index is 0.00000220. The standard InChI is InChI=1S/C14H17NO5.Na/c16-12-7-6-9(8-11(12)13(17)18)15-14(19)20-10-4-2-1-3-5-10;/h6-8,10,16H,1-5H2,(H,15,19)(H,17,18);/q;+1/p-1. The Morgan fingerprint density at radius 3 is 2.52 bits per heavy atom. The molecule has 0 saturated heterocycles. The summed E-state index contributed by atoms with van der Waals surface area (Å²) in [6.07, 6.45) is 4.26. The summed E-state index contributed by atoms with van der Waals surface area (Å²) in [6.45, 7) is 0. The number of phenols is 1. The van der Waals surface area contributed by atoms with Crippen molar-refractivity contribution >= 4 is 17.7 Å². The SMILES string of the molecule is O=C(Nc1ccc(O)c(C(=O)[O-])c1)OC1CCCCC1.[Na+]. The monoisotopic (exact) mass is 301 g/mol. The molecule has 2 rings (SSSR count). The molecule has 6 nitrogen and oxygen atoms in total. The van der Waals surface area contributed by atoms with Crippen LogP contribution in [0.3, 0.4) is 0 Å². The summed E-state index contributed by atoms with van der Waals surface area (Å²) in [6, 6.07) is 3.71. The van der Waals surface area contributed by atoms with Gasteiger partial charge in [-0.05, 0) is 43.9 Å². The molecule has 1 fully saturated rings. The molecule has 0 unspecified atom stereocenters. The summed E-state index contributed by atoms with van der Waals surface area (Å²) >= 11 is 0. The first-order chi connectivity index (χ1) is 9.56. The summed E-state index contributed by atoms with van der Waals surface area (Å²) in [5, 5.41) is 22.5. The van der Waals surface area contributed by atoms with Crippen molar-refractivity contribution in [2.75, 3.05) is 5.32 Å². The number of rotatable bonds is 3. The molecule has 1 aliphatic rings. The summed E-state index contributed by atoms with van der Waals surface area (Å²) in [5.74, 6) is -1.91. The molecule has 1 saturated carbocycles. The molecular weight excluding hydrogens is 285 g/mol. The van der Waals surface area contributed by atoms with Gasteiger partial charge in [0.15, 0.2) is 0 Å². The number of nitrogens with one attached hydrogen (secondary N) is 1. The molecular formula is C14H16NNaO5. The van der Waals surface area contributed by atoms with Gasteiger partial charge in [-0.2, -0.15) is 0 Å². The minimum Gasteiger partial charge on any atom is -0.545 e. The normalized spacial score (nSPS) is 14.9. The van der Waals surface area contributed by atoms with Gasteiger partial charge in [0.05, 0.1) is 5.97 Å². The van der Waals surface area contributed by atoms with E-state index in [4.69, 9.17) is 4.74 Å². The van der Waals surface area contributed by atoms with Gasteiger partial charge < -0.3 is 19.7 Å². The molecule has 1 aromatic carbocycles. The molecule has 7 heteroatoms. The Labute approximate surface area is 144 Å². The Bertz CT molecular complexity index is 514. The minimum absolute atomic E-state index is 0. The van der Waals surface area contributed by atoms with E-state index in [1.54, 1.807) is 0 Å². The molecule has 0 spiro atoms. The van der Waals surface area contributed by atoms with E-state index in [2.05, 4.69) is 5.32 Å². The maximum atomic E-state index is 11.7. The van der Waals surface area contributed by atoms with E-state index in [-0.39, 0.29) is 46.9 Å². The van der Waals surface area contributed by atoms with Crippen LogP contribution in [0.5, 0.6) is 5.75 Å². The number of carbonyl (C=O) groups excluding carboxylic acids is 2. The Kier molecular flexibility index (Phi) is 7.01. The van der Waals surface area contributed by atoms with Crippen LogP contribution in [0, 0.1) is 0 Å². The van der Waals surface area contributed by atoms with Gasteiger partial charge in [0, 0.05) is 11.3 Å². The van der Waals surface area contributed by atoms with Crippen molar-refractivity contribution in [3.05, 3.63) is 23.8 Å². The van der Waals surface area contributed by atoms with Gasteiger partial charge in [0.25, 0.3) is 0 Å². The Hall–Kier alpha value is -1.24. The quantitative estimate of drug-likeness (QED) is 0.531. The van der Waals surface area contributed by atoms with Crippen molar-refractivity contribution in [1.29, 1.82) is 0 Å². The second kappa shape index (κ2) is 8.26. The number of amides is 1. The van der Waals surface area contributed by atoms with Gasteiger partial charge in [-0.1, -0.05) is 6.42 Å². The van der Waals surface area contributed by atoms with Crippen LogP contribution in [-0.4, -0.2) is 23.3 Å². The number of aromatic hydroxyl groups is 1. The fourth-order valence-corrected chi connectivity index (χ4v) is 2.26. The maximum absolute atomic E-state index is 11.7. The third kappa shape index (κ3) is 5.22. The molecule has 0 atom stereocenters. The van der Waals surface area contributed by atoms with Crippen LogP contribution in [0.25, 0.3) is 0 Å². The van der Waals surface area contributed by atoms with Crippen LogP contribution in [0.1, 0.15) is 42.5 Å². The van der Waals surface area contributed by atoms with E-state index < -0.39 is 17.8 Å². The number of aromatic carboxylic acids is 1. The van der Waals surface area contributed by atoms with Crippen molar-refractivity contribution in [2.24, 2.45) is 0 Å². The molecule has 0 bridgehead atoms. The van der Waals surface area contributed by atoms with Crippen molar-refractivity contribution in [2.45, 2.75) is 38.2 Å². The summed E-state index contributed by atoms with van der Waals surface area (Å²) < 4.78 is 5.25. The first-order valence-electron chi connectivity index (χ1n) is 6.58. The number of carboxylic acid groups (broad SMARTS) is 1. The second-order valence-electron chi connectivity index (χ2n) is 4.81. The number of hydrogen-bond donors (Lipinski definition) is 2. The van der Waals surface area contributed by atoms with Crippen molar-refractivity contribution in [3.8, 4) is 5.75 Å². The number of hydrogen-bond acceptors (Lipinski definition) is 5. The molecule has 0 radical (unpaired) electrons. The topological polar surface area (TPSA) is 98.7 Å². The van der Waals surface area contributed by atoms with E-state index in [0.29, 0.717) is 0 Å². The van der Waals surface area contributed by atoms with Crippen molar-refractivity contribution in [1.82, 2.24) is 0 Å². The van der Waals surface area contributed by atoms with E-state index in [1.165, 1.54) is 12.1 Å². The maximum Gasteiger partial charge on any atom is 1.00 e. The zero-order valence-corrected chi connectivity index (χ0v) is 13.9. The smallest absolute Gasteiger partial charge is 0.545 e. The van der Waals surface area contributed by atoms with E-state index >= 15 is 0 Å². The third-order valence-electron chi connectivity index (χ3n) is 3.29. The fourth-order valence-electron chi connectivity index (χ4n) is 2.26. The van der Waals surface area contributed by atoms with E-state index in [9.17, 15) is 19.8 Å². The van der Waals surface area contributed by atoms with Gasteiger partial charge in [-0.3, -0.25) is 5.32 Å². The molecule has 1 aliphatic carbocycles. The summed E-state index contributed by atoms with van der Waals surface area (Å²) in [7, 11) is 0. The largest absolute Gasteiger partial charge is 1.00 e. The van der Waals surface area contributed by atoms with Crippen LogP contribution in [0.15, 0.2) is 18.2 Å². The van der Waals surface area contributed by atoms with E-state index in [0.717, 1.165) is 38.2 Å².